The molecule has 4 rings (SSSR count). The summed E-state index contributed by atoms with van der Waals surface area (Å²) in [5.74, 6) is -3.62. The van der Waals surface area contributed by atoms with E-state index in [2.05, 4.69) is 5.32 Å². The zero-order valence-corrected chi connectivity index (χ0v) is 17.6. The molecule has 0 saturated carbocycles. The molecule has 2 heterocycles. The highest BCUT2D eigenvalue weighted by Gasteiger charge is 2.67. The average molecular weight is 418 g/mol. The minimum absolute atomic E-state index is 0.0229. The van der Waals surface area contributed by atoms with Gasteiger partial charge < -0.3 is 5.11 Å². The number of amides is 2. The van der Waals surface area contributed by atoms with Crippen molar-refractivity contribution < 1.29 is 19.5 Å². The molecule has 31 heavy (non-hydrogen) atoms. The van der Waals surface area contributed by atoms with Crippen molar-refractivity contribution in [2.45, 2.75) is 31.8 Å². The molecular weight excluding hydrogens is 392 g/mol. The van der Waals surface area contributed by atoms with E-state index in [0.717, 1.165) is 10.5 Å². The number of anilines is 1. The van der Waals surface area contributed by atoms with Crippen LogP contribution >= 0.6 is 0 Å². The SMILES string of the molecule is CC(C)CC1(C(=O)O)NC(/C=C/c2ccccc2)C2C(=O)N(c3ccccc3)C(=O)C21. The van der Waals surface area contributed by atoms with Crippen molar-refractivity contribution in [3.63, 3.8) is 0 Å². The maximum atomic E-state index is 13.5. The smallest absolute Gasteiger partial charge is 0.324 e. The lowest BCUT2D eigenvalue weighted by atomic mass is 9.75. The summed E-state index contributed by atoms with van der Waals surface area (Å²) >= 11 is 0. The Balaban J connectivity index is 1.78. The highest BCUT2D eigenvalue weighted by atomic mass is 16.4. The van der Waals surface area contributed by atoms with Gasteiger partial charge in [0.1, 0.15) is 5.54 Å². The Labute approximate surface area is 181 Å². The summed E-state index contributed by atoms with van der Waals surface area (Å²) in [6, 6.07) is 17.7. The quantitative estimate of drug-likeness (QED) is 0.703. The number of nitrogens with one attached hydrogen (secondary N) is 1. The van der Waals surface area contributed by atoms with E-state index < -0.39 is 35.3 Å². The molecule has 2 aliphatic heterocycles. The number of carboxylic acids is 1. The molecular formula is C25H26N2O4. The van der Waals surface area contributed by atoms with Crippen LogP contribution in [-0.2, 0) is 14.4 Å². The molecule has 2 N–H and O–H groups in total. The van der Waals surface area contributed by atoms with Crippen molar-refractivity contribution in [1.82, 2.24) is 5.32 Å². The second-order valence-electron chi connectivity index (χ2n) is 8.67. The van der Waals surface area contributed by atoms with E-state index in [0.29, 0.717) is 5.69 Å². The average Bonchev–Trinajstić information content (AvgIpc) is 3.21. The van der Waals surface area contributed by atoms with Gasteiger partial charge >= 0.3 is 5.97 Å². The number of hydrogen-bond acceptors (Lipinski definition) is 4. The Hall–Kier alpha value is -3.25. The predicted molar refractivity (Wildman–Crippen MR) is 118 cm³/mol. The highest BCUT2D eigenvalue weighted by molar-refractivity contribution is 6.24. The minimum atomic E-state index is -1.50. The largest absolute Gasteiger partial charge is 0.480 e. The normalized spacial score (nSPS) is 28.0. The number of fused-ring (bicyclic) bond motifs is 1. The van der Waals surface area contributed by atoms with Crippen LogP contribution in [0.1, 0.15) is 25.8 Å². The first kappa shape index (κ1) is 21.0. The number of rotatable bonds is 6. The summed E-state index contributed by atoms with van der Waals surface area (Å²) in [5.41, 5.74) is -0.0865. The van der Waals surface area contributed by atoms with Gasteiger partial charge in [0, 0.05) is 6.04 Å². The van der Waals surface area contributed by atoms with E-state index in [1.807, 2.05) is 62.4 Å². The van der Waals surface area contributed by atoms with E-state index in [1.54, 1.807) is 24.3 Å². The Bertz CT molecular complexity index is 1020. The molecule has 160 valence electrons. The van der Waals surface area contributed by atoms with Gasteiger partial charge in [-0.15, -0.1) is 0 Å². The second-order valence-corrected chi connectivity index (χ2v) is 8.67. The Morgan fingerprint density at radius 1 is 1.06 bits per heavy atom. The highest BCUT2D eigenvalue weighted by Crippen LogP contribution is 2.47. The van der Waals surface area contributed by atoms with Crippen LogP contribution < -0.4 is 10.2 Å². The molecule has 2 aromatic carbocycles. The number of aliphatic carboxylic acids is 1. The lowest BCUT2D eigenvalue weighted by Gasteiger charge is -2.32. The van der Waals surface area contributed by atoms with Gasteiger partial charge in [-0.1, -0.05) is 74.5 Å². The van der Waals surface area contributed by atoms with Gasteiger partial charge in [-0.3, -0.25) is 19.7 Å². The molecule has 0 radical (unpaired) electrons. The van der Waals surface area contributed by atoms with E-state index in [1.165, 1.54) is 0 Å². The van der Waals surface area contributed by atoms with Crippen molar-refractivity contribution in [1.29, 1.82) is 0 Å². The first-order chi connectivity index (χ1) is 14.8. The molecule has 2 amide bonds. The number of nitrogens with zero attached hydrogens (tertiary/aromatic N) is 1. The zero-order valence-electron chi connectivity index (χ0n) is 17.6. The van der Waals surface area contributed by atoms with E-state index in [9.17, 15) is 19.5 Å². The summed E-state index contributed by atoms with van der Waals surface area (Å²) in [4.78, 5) is 40.7. The summed E-state index contributed by atoms with van der Waals surface area (Å²) in [6.07, 6.45) is 3.93. The van der Waals surface area contributed by atoms with Gasteiger partial charge in [0.15, 0.2) is 0 Å². The van der Waals surface area contributed by atoms with Gasteiger partial charge in [-0.05, 0) is 30.0 Å². The van der Waals surface area contributed by atoms with Crippen LogP contribution in [0.5, 0.6) is 0 Å². The standard InChI is InChI=1S/C25H26N2O4/c1-16(2)15-25(24(30)31)21-20(19(26-25)14-13-17-9-5-3-6-10-17)22(28)27(23(21)29)18-11-7-4-8-12-18/h3-14,16,19-21,26H,15H2,1-2H3,(H,30,31)/b14-13+. The molecule has 2 aliphatic rings. The molecule has 0 aliphatic carbocycles. The van der Waals surface area contributed by atoms with Crippen LogP contribution in [0.25, 0.3) is 6.08 Å². The van der Waals surface area contributed by atoms with Gasteiger partial charge in [0.2, 0.25) is 11.8 Å². The van der Waals surface area contributed by atoms with Gasteiger partial charge in [-0.25, -0.2) is 4.90 Å². The number of carbonyl (C=O) groups excluding carboxylic acids is 2. The molecule has 6 nitrogen and oxygen atoms in total. The Kier molecular flexibility index (Phi) is 5.50. The molecule has 2 saturated heterocycles. The van der Waals surface area contributed by atoms with E-state index in [-0.39, 0.29) is 18.2 Å². The molecule has 4 atom stereocenters. The summed E-state index contributed by atoms with van der Waals surface area (Å²) in [7, 11) is 0. The number of carbonyl (C=O) groups is 3. The van der Waals surface area contributed by atoms with Crippen LogP contribution in [0.2, 0.25) is 0 Å². The van der Waals surface area contributed by atoms with Crippen molar-refractivity contribution >= 4 is 29.5 Å². The maximum Gasteiger partial charge on any atom is 0.324 e. The monoisotopic (exact) mass is 418 g/mol. The fourth-order valence-corrected chi connectivity index (χ4v) is 4.94. The lowest BCUT2D eigenvalue weighted by Crippen LogP contribution is -2.57. The molecule has 0 aromatic heterocycles. The van der Waals surface area contributed by atoms with Crippen LogP contribution in [0, 0.1) is 17.8 Å². The third-order valence-corrected chi connectivity index (χ3v) is 6.11. The van der Waals surface area contributed by atoms with Gasteiger partial charge in [-0.2, -0.15) is 0 Å². The molecule has 0 spiro atoms. The third-order valence-electron chi connectivity index (χ3n) is 6.11. The molecule has 2 aromatic rings. The maximum absolute atomic E-state index is 13.5. The number of para-hydroxylation sites is 1. The predicted octanol–water partition coefficient (Wildman–Crippen LogP) is 3.35. The Morgan fingerprint density at radius 3 is 2.26 bits per heavy atom. The topological polar surface area (TPSA) is 86.7 Å². The number of carboxylic acid groups (broad SMARTS) is 1. The van der Waals surface area contributed by atoms with Gasteiger partial charge in [0.05, 0.1) is 17.5 Å². The number of hydrogen-bond donors (Lipinski definition) is 2. The third kappa shape index (κ3) is 3.57. The van der Waals surface area contributed by atoms with Gasteiger partial charge in [0.25, 0.3) is 0 Å². The minimum Gasteiger partial charge on any atom is -0.480 e. The molecule has 4 unspecified atom stereocenters. The van der Waals surface area contributed by atoms with E-state index in [4.69, 9.17) is 0 Å². The van der Waals surface area contributed by atoms with Crippen molar-refractivity contribution in [3.8, 4) is 0 Å². The van der Waals surface area contributed by atoms with E-state index >= 15 is 0 Å². The number of imide groups is 1. The number of benzene rings is 2. The fraction of sp³-hybridized carbons (Fsp3) is 0.320. The summed E-state index contributed by atoms with van der Waals surface area (Å²) < 4.78 is 0. The summed E-state index contributed by atoms with van der Waals surface area (Å²) in [5, 5.41) is 13.4. The fourth-order valence-electron chi connectivity index (χ4n) is 4.94. The molecule has 6 heteroatoms. The lowest BCUT2D eigenvalue weighted by molar-refractivity contribution is -0.149. The summed E-state index contributed by atoms with van der Waals surface area (Å²) in [6.45, 7) is 3.84. The van der Waals surface area contributed by atoms with Crippen molar-refractivity contribution in [2.75, 3.05) is 4.90 Å². The molecule has 0 bridgehead atoms. The van der Waals surface area contributed by atoms with Crippen LogP contribution in [0.15, 0.2) is 66.7 Å². The van der Waals surface area contributed by atoms with Crippen LogP contribution in [0.4, 0.5) is 5.69 Å². The second kappa shape index (κ2) is 8.12. The van der Waals surface area contributed by atoms with Crippen LogP contribution in [-0.4, -0.2) is 34.5 Å². The molecule has 2 fully saturated rings. The van der Waals surface area contributed by atoms with Crippen molar-refractivity contribution in [3.05, 3.63) is 72.3 Å². The Morgan fingerprint density at radius 2 is 1.68 bits per heavy atom. The zero-order chi connectivity index (χ0) is 22.2. The first-order valence-electron chi connectivity index (χ1n) is 10.5. The van der Waals surface area contributed by atoms with Crippen molar-refractivity contribution in [2.24, 2.45) is 17.8 Å². The first-order valence-corrected chi connectivity index (χ1v) is 10.5. The van der Waals surface area contributed by atoms with Crippen LogP contribution in [0.3, 0.4) is 0 Å².